The van der Waals surface area contributed by atoms with Gasteiger partial charge in [0, 0.05) is 11.8 Å². The molecule has 0 radical (unpaired) electrons. The van der Waals surface area contributed by atoms with E-state index in [2.05, 4.69) is 10.3 Å². The molecule has 0 atom stereocenters. The third kappa shape index (κ3) is 1.75. The van der Waals surface area contributed by atoms with E-state index in [0.29, 0.717) is 12.2 Å². The number of anilines is 1. The summed E-state index contributed by atoms with van der Waals surface area (Å²) in [5.74, 6) is -0.0722. The second-order valence-corrected chi connectivity index (χ2v) is 5.64. The average molecular weight is 281 g/mol. The zero-order chi connectivity index (χ0) is 13.5. The summed E-state index contributed by atoms with van der Waals surface area (Å²) in [6, 6.07) is 13.7. The van der Waals surface area contributed by atoms with Crippen LogP contribution in [0.5, 0.6) is 0 Å². The van der Waals surface area contributed by atoms with E-state index in [0.717, 1.165) is 21.3 Å². The molecule has 1 aliphatic rings. The lowest BCUT2D eigenvalue weighted by molar-refractivity contribution is 0.102. The molecular formula is C15H11N3OS. The molecule has 2 aromatic heterocycles. The second kappa shape index (κ2) is 4.31. The summed E-state index contributed by atoms with van der Waals surface area (Å²) in [4.78, 5) is 16.8. The highest BCUT2D eigenvalue weighted by Crippen LogP contribution is 2.34. The summed E-state index contributed by atoms with van der Waals surface area (Å²) < 4.78 is 1.93. The van der Waals surface area contributed by atoms with E-state index < -0.39 is 0 Å². The van der Waals surface area contributed by atoms with Gasteiger partial charge >= 0.3 is 0 Å². The molecule has 4 rings (SSSR count). The maximum atomic E-state index is 12.1. The van der Waals surface area contributed by atoms with Gasteiger partial charge in [-0.15, -0.1) is 0 Å². The number of carbonyl (C=O) groups excluding carboxylic acids is 1. The van der Waals surface area contributed by atoms with Crippen molar-refractivity contribution in [2.45, 2.75) is 6.54 Å². The molecule has 0 unspecified atom stereocenters. The first-order valence-electron chi connectivity index (χ1n) is 6.33. The fourth-order valence-electron chi connectivity index (χ4n) is 2.35. The first-order valence-corrected chi connectivity index (χ1v) is 7.14. The van der Waals surface area contributed by atoms with Crippen molar-refractivity contribution in [3.8, 4) is 10.6 Å². The zero-order valence-electron chi connectivity index (χ0n) is 10.5. The van der Waals surface area contributed by atoms with Crippen molar-refractivity contribution in [3.05, 3.63) is 60.0 Å². The van der Waals surface area contributed by atoms with Crippen LogP contribution in [0.25, 0.3) is 10.6 Å². The number of fused-ring (bicyclic) bond motifs is 2. The maximum absolute atomic E-state index is 12.1. The van der Waals surface area contributed by atoms with Gasteiger partial charge in [-0.2, -0.15) is 0 Å². The van der Waals surface area contributed by atoms with E-state index in [9.17, 15) is 4.79 Å². The minimum Gasteiger partial charge on any atom is -0.337 e. The number of benzene rings is 1. The zero-order valence-corrected chi connectivity index (χ0v) is 11.4. The van der Waals surface area contributed by atoms with Crippen LogP contribution >= 0.6 is 11.3 Å². The molecule has 3 aromatic rings. The van der Waals surface area contributed by atoms with Crippen molar-refractivity contribution in [3.63, 3.8) is 0 Å². The smallest absolute Gasteiger partial charge is 0.272 e. The molecule has 5 heteroatoms. The number of thiazole rings is 1. The lowest BCUT2D eigenvalue weighted by Crippen LogP contribution is -2.12. The van der Waals surface area contributed by atoms with Crippen molar-refractivity contribution < 1.29 is 4.79 Å². The van der Waals surface area contributed by atoms with Gasteiger partial charge in [0.25, 0.3) is 5.91 Å². The summed E-state index contributed by atoms with van der Waals surface area (Å²) >= 11 is 1.52. The lowest BCUT2D eigenvalue weighted by Gasteiger charge is -2.01. The minimum atomic E-state index is -0.0722. The Balaban J connectivity index is 1.80. The minimum absolute atomic E-state index is 0.0722. The normalized spacial score (nSPS) is 13.3. The Labute approximate surface area is 119 Å². The quantitative estimate of drug-likeness (QED) is 0.744. The molecule has 0 bridgehead atoms. The monoisotopic (exact) mass is 281 g/mol. The molecule has 1 N–H and O–H groups in total. The third-order valence-electron chi connectivity index (χ3n) is 3.33. The molecule has 3 heterocycles. The van der Waals surface area contributed by atoms with Gasteiger partial charge in [0.15, 0.2) is 0 Å². The van der Waals surface area contributed by atoms with Gasteiger partial charge in [0.2, 0.25) is 0 Å². The molecule has 4 nitrogen and oxygen atoms in total. The molecule has 1 amide bonds. The Morgan fingerprint density at radius 1 is 1.15 bits per heavy atom. The summed E-state index contributed by atoms with van der Waals surface area (Å²) in [7, 11) is 0. The molecule has 98 valence electrons. The van der Waals surface area contributed by atoms with Gasteiger partial charge in [0.1, 0.15) is 15.7 Å². The fraction of sp³-hybridized carbons (Fsp3) is 0.0667. The predicted molar refractivity (Wildman–Crippen MR) is 79.0 cm³/mol. The molecule has 20 heavy (non-hydrogen) atoms. The van der Waals surface area contributed by atoms with Gasteiger partial charge in [-0.3, -0.25) is 4.79 Å². The van der Waals surface area contributed by atoms with E-state index in [1.54, 1.807) is 0 Å². The van der Waals surface area contributed by atoms with Gasteiger partial charge in [-0.05, 0) is 12.1 Å². The summed E-state index contributed by atoms with van der Waals surface area (Å²) in [5.41, 5.74) is 2.67. The van der Waals surface area contributed by atoms with E-state index >= 15 is 0 Å². The topological polar surface area (TPSA) is 46.9 Å². The van der Waals surface area contributed by atoms with Crippen molar-refractivity contribution >= 4 is 22.2 Å². The first-order chi connectivity index (χ1) is 9.81. The lowest BCUT2D eigenvalue weighted by atomic mass is 10.2. The van der Waals surface area contributed by atoms with Crippen LogP contribution in [0.1, 0.15) is 16.2 Å². The molecule has 0 aliphatic carbocycles. The SMILES string of the molecule is O=C1Nc2sc(-c3ccccc3)nc2Cn2cccc21. The fourth-order valence-corrected chi connectivity index (χ4v) is 3.32. The van der Waals surface area contributed by atoms with Gasteiger partial charge < -0.3 is 9.88 Å². The van der Waals surface area contributed by atoms with E-state index in [1.807, 2.05) is 53.2 Å². The molecule has 1 aromatic carbocycles. The van der Waals surface area contributed by atoms with Crippen molar-refractivity contribution in [2.75, 3.05) is 5.32 Å². The van der Waals surface area contributed by atoms with Crippen molar-refractivity contribution in [1.82, 2.24) is 9.55 Å². The number of nitrogens with one attached hydrogen (secondary N) is 1. The van der Waals surface area contributed by atoms with Crippen LogP contribution in [0.15, 0.2) is 48.7 Å². The average Bonchev–Trinajstić information content (AvgIpc) is 3.06. The Bertz CT molecular complexity index is 789. The van der Waals surface area contributed by atoms with E-state index in [1.165, 1.54) is 11.3 Å². The van der Waals surface area contributed by atoms with Crippen LogP contribution in [0.3, 0.4) is 0 Å². The third-order valence-corrected chi connectivity index (χ3v) is 4.39. The van der Waals surface area contributed by atoms with Crippen LogP contribution in [0, 0.1) is 0 Å². The van der Waals surface area contributed by atoms with E-state index in [-0.39, 0.29) is 5.91 Å². The molecular weight excluding hydrogens is 270 g/mol. The largest absolute Gasteiger partial charge is 0.337 e. The number of hydrogen-bond acceptors (Lipinski definition) is 3. The van der Waals surface area contributed by atoms with Crippen LogP contribution in [0.2, 0.25) is 0 Å². The number of amides is 1. The maximum Gasteiger partial charge on any atom is 0.272 e. The molecule has 0 spiro atoms. The highest BCUT2D eigenvalue weighted by molar-refractivity contribution is 7.19. The Morgan fingerprint density at radius 3 is 2.85 bits per heavy atom. The number of hydrogen-bond donors (Lipinski definition) is 1. The van der Waals surface area contributed by atoms with Crippen LogP contribution in [-0.4, -0.2) is 15.5 Å². The molecule has 1 aliphatic heterocycles. The predicted octanol–water partition coefficient (Wildman–Crippen LogP) is 3.23. The first kappa shape index (κ1) is 11.4. The van der Waals surface area contributed by atoms with Crippen LogP contribution < -0.4 is 5.32 Å². The molecule has 0 saturated heterocycles. The molecule has 0 saturated carbocycles. The van der Waals surface area contributed by atoms with Crippen molar-refractivity contribution in [1.29, 1.82) is 0 Å². The summed E-state index contributed by atoms with van der Waals surface area (Å²) in [6.07, 6.45) is 1.91. The highest BCUT2D eigenvalue weighted by Gasteiger charge is 2.22. The standard InChI is InChI=1S/C15H11N3OS/c19-13-12-7-4-8-18(12)9-11-15(17-13)20-14(16-11)10-5-2-1-3-6-10/h1-8H,9H2,(H,17,19). The molecule has 0 fully saturated rings. The van der Waals surface area contributed by atoms with Crippen LogP contribution in [-0.2, 0) is 6.54 Å². The van der Waals surface area contributed by atoms with Crippen LogP contribution in [0.4, 0.5) is 5.00 Å². The van der Waals surface area contributed by atoms with Crippen molar-refractivity contribution in [2.24, 2.45) is 0 Å². The Morgan fingerprint density at radius 2 is 2.00 bits per heavy atom. The van der Waals surface area contributed by atoms with E-state index in [4.69, 9.17) is 0 Å². The van der Waals surface area contributed by atoms with Gasteiger partial charge in [0.05, 0.1) is 12.2 Å². The Hall–Kier alpha value is -2.40. The number of carbonyl (C=O) groups is 1. The second-order valence-electron chi connectivity index (χ2n) is 4.64. The number of rotatable bonds is 1. The summed E-state index contributed by atoms with van der Waals surface area (Å²) in [5, 5.41) is 4.73. The van der Waals surface area contributed by atoms with Gasteiger partial charge in [-0.1, -0.05) is 41.7 Å². The number of aromatic nitrogens is 2. The Kier molecular flexibility index (Phi) is 2.47. The highest BCUT2D eigenvalue weighted by atomic mass is 32.1. The van der Waals surface area contributed by atoms with Gasteiger partial charge in [-0.25, -0.2) is 4.98 Å². The summed E-state index contributed by atoms with van der Waals surface area (Å²) in [6.45, 7) is 0.625. The number of nitrogens with zero attached hydrogens (tertiary/aromatic N) is 2.